The molecule has 1 N–H and O–H groups in total. The van der Waals surface area contributed by atoms with Crippen LogP contribution in [0, 0.1) is 6.07 Å². The number of alkyl halides is 3. The van der Waals surface area contributed by atoms with Crippen LogP contribution in [0.15, 0.2) is 18.2 Å². The molecule has 105 valence electrons. The Morgan fingerprint density at radius 1 is 1.26 bits per heavy atom. The van der Waals surface area contributed by atoms with Gasteiger partial charge in [0.2, 0.25) is 0 Å². The summed E-state index contributed by atoms with van der Waals surface area (Å²) in [5, 5.41) is 2.33. The van der Waals surface area contributed by atoms with E-state index >= 15 is 0 Å². The summed E-state index contributed by atoms with van der Waals surface area (Å²) in [6, 6.07) is 5.71. The number of benzene rings is 1. The summed E-state index contributed by atoms with van der Waals surface area (Å²) in [6.07, 6.45) is -5.47. The first-order valence-electron chi connectivity index (χ1n) is 5.33. The molecule has 0 aliphatic rings. The van der Waals surface area contributed by atoms with Crippen LogP contribution in [0.1, 0.15) is 20.8 Å². The van der Waals surface area contributed by atoms with Gasteiger partial charge in [0, 0.05) is 6.07 Å². The zero-order valence-electron chi connectivity index (χ0n) is 10.6. The highest BCUT2D eigenvalue weighted by atomic mass is 19.4. The first kappa shape index (κ1) is 15.1. The first-order valence-corrected chi connectivity index (χ1v) is 5.33. The lowest BCUT2D eigenvalue weighted by atomic mass is 10.2. The van der Waals surface area contributed by atoms with Gasteiger partial charge in [-0.3, -0.25) is 5.32 Å². The van der Waals surface area contributed by atoms with Crippen molar-refractivity contribution in [3.8, 4) is 5.75 Å². The second-order valence-corrected chi connectivity index (χ2v) is 4.61. The number of anilines is 1. The van der Waals surface area contributed by atoms with Gasteiger partial charge in [0.15, 0.2) is 0 Å². The normalized spacial score (nSPS) is 11.9. The molecule has 0 atom stereocenters. The van der Waals surface area contributed by atoms with Gasteiger partial charge in [-0.15, -0.1) is 13.2 Å². The number of nitrogens with one attached hydrogen (secondary N) is 1. The molecule has 0 spiro atoms. The molecule has 19 heavy (non-hydrogen) atoms. The molecule has 1 amide bonds. The van der Waals surface area contributed by atoms with Gasteiger partial charge in [0.25, 0.3) is 0 Å². The summed E-state index contributed by atoms with van der Waals surface area (Å²) in [6.45, 7) is 5.07. The third-order valence-electron chi connectivity index (χ3n) is 1.65. The number of ether oxygens (including phenoxy) is 2. The molecule has 7 heteroatoms. The summed E-state index contributed by atoms with van der Waals surface area (Å²) in [5.41, 5.74) is -0.479. The van der Waals surface area contributed by atoms with Crippen LogP contribution in [0.25, 0.3) is 0 Å². The van der Waals surface area contributed by atoms with E-state index in [1.54, 1.807) is 20.8 Å². The van der Waals surface area contributed by atoms with E-state index in [0.717, 1.165) is 12.1 Å². The Kier molecular flexibility index (Phi) is 4.28. The molecule has 0 fully saturated rings. The molecule has 0 aliphatic heterocycles. The Labute approximate surface area is 108 Å². The van der Waals surface area contributed by atoms with Crippen LogP contribution >= 0.6 is 0 Å². The summed E-state index contributed by atoms with van der Waals surface area (Å²) >= 11 is 0. The van der Waals surface area contributed by atoms with Crippen molar-refractivity contribution in [2.45, 2.75) is 32.7 Å². The van der Waals surface area contributed by atoms with E-state index in [4.69, 9.17) is 4.74 Å². The quantitative estimate of drug-likeness (QED) is 0.895. The molecule has 0 saturated carbocycles. The highest BCUT2D eigenvalue weighted by Crippen LogP contribution is 2.23. The lowest BCUT2D eigenvalue weighted by molar-refractivity contribution is -0.274. The fraction of sp³-hybridized carbons (Fsp3) is 0.417. The average molecular weight is 276 g/mol. The van der Waals surface area contributed by atoms with Crippen LogP contribution in [-0.2, 0) is 4.74 Å². The summed E-state index contributed by atoms with van der Waals surface area (Å²) in [7, 11) is 0. The minimum absolute atomic E-state index is 0.184. The van der Waals surface area contributed by atoms with Crippen molar-refractivity contribution < 1.29 is 27.4 Å². The summed E-state index contributed by atoms with van der Waals surface area (Å²) in [5.74, 6) is -0.415. The number of halogens is 3. The SMILES string of the molecule is CC(C)(C)OC(=O)Nc1[c]cc(OC(F)(F)F)cc1. The number of rotatable bonds is 2. The molecular formula is C12H13F3NO3. The Bertz CT molecular complexity index is 435. The van der Waals surface area contributed by atoms with Gasteiger partial charge < -0.3 is 9.47 Å². The second kappa shape index (κ2) is 5.38. The van der Waals surface area contributed by atoms with Crippen LogP contribution in [0.4, 0.5) is 23.7 Å². The summed E-state index contributed by atoms with van der Waals surface area (Å²) < 4.78 is 44.4. The largest absolute Gasteiger partial charge is 0.573 e. The molecule has 0 aliphatic carbocycles. The van der Waals surface area contributed by atoms with Crippen LogP contribution in [0.2, 0.25) is 0 Å². The van der Waals surface area contributed by atoms with E-state index in [-0.39, 0.29) is 5.69 Å². The number of amides is 1. The van der Waals surface area contributed by atoms with E-state index < -0.39 is 23.8 Å². The molecule has 0 aromatic heterocycles. The standard InChI is InChI=1S/C12H13F3NO3/c1-11(2,3)19-10(17)16-8-4-6-9(7-5-8)18-12(13,14)15/h4,6-7H,1-3H3,(H,16,17). The second-order valence-electron chi connectivity index (χ2n) is 4.61. The zero-order chi connectivity index (χ0) is 14.7. The van der Waals surface area contributed by atoms with Crippen LogP contribution < -0.4 is 10.1 Å². The number of hydrogen-bond donors (Lipinski definition) is 1. The molecule has 0 heterocycles. The predicted molar refractivity (Wildman–Crippen MR) is 61.8 cm³/mol. The number of carbonyl (C=O) groups is 1. The maximum absolute atomic E-state index is 11.9. The minimum Gasteiger partial charge on any atom is -0.444 e. The topological polar surface area (TPSA) is 47.6 Å². The molecule has 1 rings (SSSR count). The van der Waals surface area contributed by atoms with E-state index in [0.29, 0.717) is 0 Å². The lowest BCUT2D eigenvalue weighted by Crippen LogP contribution is -2.27. The van der Waals surface area contributed by atoms with Gasteiger partial charge >= 0.3 is 12.5 Å². The third kappa shape index (κ3) is 6.54. The van der Waals surface area contributed by atoms with Gasteiger partial charge in [-0.05, 0) is 39.0 Å². The molecule has 1 aromatic rings. The van der Waals surface area contributed by atoms with Crippen molar-refractivity contribution in [1.82, 2.24) is 0 Å². The van der Waals surface area contributed by atoms with Gasteiger partial charge in [0.05, 0.1) is 5.69 Å². The van der Waals surface area contributed by atoms with E-state index in [1.165, 1.54) is 6.07 Å². The smallest absolute Gasteiger partial charge is 0.444 e. The Morgan fingerprint density at radius 2 is 1.89 bits per heavy atom. The summed E-state index contributed by atoms with van der Waals surface area (Å²) in [4.78, 5) is 11.4. The van der Waals surface area contributed by atoms with E-state index in [9.17, 15) is 18.0 Å². The van der Waals surface area contributed by atoms with Crippen molar-refractivity contribution in [2.24, 2.45) is 0 Å². The zero-order valence-corrected chi connectivity index (χ0v) is 10.6. The number of hydrogen-bond acceptors (Lipinski definition) is 3. The maximum Gasteiger partial charge on any atom is 0.573 e. The van der Waals surface area contributed by atoms with Gasteiger partial charge in [-0.1, -0.05) is 0 Å². The van der Waals surface area contributed by atoms with Gasteiger partial charge in [0.1, 0.15) is 11.4 Å². The van der Waals surface area contributed by atoms with E-state index in [2.05, 4.69) is 16.1 Å². The Hall–Kier alpha value is -1.92. The third-order valence-corrected chi connectivity index (χ3v) is 1.65. The minimum atomic E-state index is -4.76. The first-order chi connectivity index (χ1) is 8.55. The van der Waals surface area contributed by atoms with Crippen molar-refractivity contribution in [1.29, 1.82) is 0 Å². The van der Waals surface area contributed by atoms with Crippen molar-refractivity contribution in [2.75, 3.05) is 5.32 Å². The molecule has 1 radical (unpaired) electrons. The average Bonchev–Trinajstić information content (AvgIpc) is 2.15. The molecular weight excluding hydrogens is 263 g/mol. The van der Waals surface area contributed by atoms with Crippen molar-refractivity contribution in [3.63, 3.8) is 0 Å². The molecule has 0 unspecified atom stereocenters. The monoisotopic (exact) mass is 276 g/mol. The fourth-order valence-corrected chi connectivity index (χ4v) is 1.10. The predicted octanol–water partition coefficient (Wildman–Crippen LogP) is 3.73. The van der Waals surface area contributed by atoms with Gasteiger partial charge in [-0.25, -0.2) is 4.79 Å². The Balaban J connectivity index is 2.60. The van der Waals surface area contributed by atoms with Crippen LogP contribution in [0.5, 0.6) is 5.75 Å². The number of carbonyl (C=O) groups excluding carboxylic acids is 1. The maximum atomic E-state index is 11.9. The Morgan fingerprint density at radius 3 is 2.32 bits per heavy atom. The van der Waals surface area contributed by atoms with Crippen LogP contribution in [-0.4, -0.2) is 18.1 Å². The van der Waals surface area contributed by atoms with E-state index in [1.807, 2.05) is 0 Å². The van der Waals surface area contributed by atoms with Crippen LogP contribution in [0.3, 0.4) is 0 Å². The van der Waals surface area contributed by atoms with Crippen molar-refractivity contribution >= 4 is 11.8 Å². The molecule has 0 bridgehead atoms. The highest BCUT2D eigenvalue weighted by molar-refractivity contribution is 5.84. The fourth-order valence-electron chi connectivity index (χ4n) is 1.10. The van der Waals surface area contributed by atoms with Crippen molar-refractivity contribution in [3.05, 3.63) is 24.3 Å². The molecule has 4 nitrogen and oxygen atoms in total. The molecule has 0 saturated heterocycles. The highest BCUT2D eigenvalue weighted by Gasteiger charge is 2.31. The lowest BCUT2D eigenvalue weighted by Gasteiger charge is -2.19. The van der Waals surface area contributed by atoms with Gasteiger partial charge in [-0.2, -0.15) is 0 Å². The molecule has 1 aromatic carbocycles.